The zero-order chi connectivity index (χ0) is 12.4. The van der Waals surface area contributed by atoms with Crippen molar-refractivity contribution < 1.29 is 24.2 Å². The molecule has 0 fully saturated rings. The van der Waals surface area contributed by atoms with Crippen molar-refractivity contribution in [2.45, 2.75) is 32.1 Å². The summed E-state index contributed by atoms with van der Waals surface area (Å²) in [6, 6.07) is 0. The lowest BCUT2D eigenvalue weighted by Crippen LogP contribution is -2.24. The zero-order valence-corrected chi connectivity index (χ0v) is 9.32. The third kappa shape index (κ3) is 8.98. The van der Waals surface area contributed by atoms with E-state index in [0.717, 1.165) is 0 Å². The molecule has 0 aromatic carbocycles. The summed E-state index contributed by atoms with van der Waals surface area (Å²) >= 11 is 0. The molecule has 0 aliphatic carbocycles. The fraction of sp³-hybridized carbons (Fsp3) is 0.700. The van der Waals surface area contributed by atoms with Crippen LogP contribution in [0.4, 0.5) is 0 Å². The molecule has 16 heavy (non-hydrogen) atoms. The average molecular weight is 231 g/mol. The van der Waals surface area contributed by atoms with Crippen LogP contribution in [-0.2, 0) is 19.1 Å². The molecule has 0 aromatic rings. The number of methoxy groups -OCH3 is 1. The minimum absolute atomic E-state index is 0.00438. The van der Waals surface area contributed by atoms with Gasteiger partial charge in [0.05, 0.1) is 7.11 Å². The smallest absolute Gasteiger partial charge is 0.305 e. The maximum absolute atomic E-state index is 11.1. The van der Waals surface area contributed by atoms with Gasteiger partial charge < -0.3 is 15.2 Å². The molecule has 0 atom stereocenters. The summed E-state index contributed by atoms with van der Waals surface area (Å²) in [6.07, 6.45) is 1.32. The number of carboxylic acids is 1. The van der Waals surface area contributed by atoms with Gasteiger partial charge in [0.15, 0.2) is 0 Å². The van der Waals surface area contributed by atoms with E-state index in [1.807, 2.05) is 0 Å². The van der Waals surface area contributed by atoms with Gasteiger partial charge in [-0.15, -0.1) is 0 Å². The summed E-state index contributed by atoms with van der Waals surface area (Å²) in [4.78, 5) is 32.0. The van der Waals surface area contributed by atoms with Crippen LogP contribution in [0.3, 0.4) is 0 Å². The number of hydrogen-bond donors (Lipinski definition) is 2. The third-order valence-electron chi connectivity index (χ3n) is 1.90. The molecular formula is C10H17NO5. The standard InChI is InChI=1S/C10H17NO5/c1-16-10(15)6-3-7-11-8(12)4-2-5-9(13)14/h2-7H2,1H3,(H,11,12)(H,13,14). The van der Waals surface area contributed by atoms with Gasteiger partial charge >= 0.3 is 11.9 Å². The molecular weight excluding hydrogens is 214 g/mol. The van der Waals surface area contributed by atoms with Gasteiger partial charge in [0.25, 0.3) is 0 Å². The molecule has 0 heterocycles. The van der Waals surface area contributed by atoms with Crippen LogP contribution in [0.2, 0.25) is 0 Å². The van der Waals surface area contributed by atoms with Crippen molar-refractivity contribution in [3.8, 4) is 0 Å². The Morgan fingerprint density at radius 3 is 2.38 bits per heavy atom. The third-order valence-corrected chi connectivity index (χ3v) is 1.90. The monoisotopic (exact) mass is 231 g/mol. The lowest BCUT2D eigenvalue weighted by Gasteiger charge is -2.03. The van der Waals surface area contributed by atoms with Crippen molar-refractivity contribution in [3.05, 3.63) is 0 Å². The van der Waals surface area contributed by atoms with Gasteiger partial charge in [0.2, 0.25) is 5.91 Å². The Labute approximate surface area is 94.0 Å². The molecule has 0 saturated carbocycles. The molecule has 0 aliphatic heterocycles. The van der Waals surface area contributed by atoms with E-state index in [9.17, 15) is 14.4 Å². The van der Waals surface area contributed by atoms with Gasteiger partial charge in [0, 0.05) is 25.8 Å². The molecule has 0 radical (unpaired) electrons. The molecule has 1 amide bonds. The second kappa shape index (κ2) is 8.70. The number of ether oxygens (including phenoxy) is 1. The van der Waals surface area contributed by atoms with Crippen LogP contribution in [0.15, 0.2) is 0 Å². The van der Waals surface area contributed by atoms with Gasteiger partial charge in [-0.05, 0) is 12.8 Å². The Bertz CT molecular complexity index is 252. The number of rotatable bonds is 8. The first-order valence-corrected chi connectivity index (χ1v) is 5.11. The van der Waals surface area contributed by atoms with E-state index in [1.165, 1.54) is 7.11 Å². The van der Waals surface area contributed by atoms with Gasteiger partial charge in [-0.25, -0.2) is 0 Å². The van der Waals surface area contributed by atoms with Crippen molar-refractivity contribution in [1.29, 1.82) is 0 Å². The normalized spacial score (nSPS) is 9.56. The van der Waals surface area contributed by atoms with Gasteiger partial charge in [-0.2, -0.15) is 0 Å². The first-order chi connectivity index (χ1) is 7.56. The highest BCUT2D eigenvalue weighted by atomic mass is 16.5. The summed E-state index contributed by atoms with van der Waals surface area (Å²) in [5.74, 6) is -1.40. The van der Waals surface area contributed by atoms with Crippen LogP contribution in [0.1, 0.15) is 32.1 Å². The Balaban J connectivity index is 3.37. The van der Waals surface area contributed by atoms with Crippen molar-refractivity contribution in [1.82, 2.24) is 5.32 Å². The average Bonchev–Trinajstić information content (AvgIpc) is 2.23. The number of amides is 1. The van der Waals surface area contributed by atoms with E-state index in [2.05, 4.69) is 10.1 Å². The first-order valence-electron chi connectivity index (χ1n) is 5.11. The van der Waals surface area contributed by atoms with Gasteiger partial charge in [0.1, 0.15) is 0 Å². The number of hydrogen-bond acceptors (Lipinski definition) is 4. The molecule has 0 spiro atoms. The van der Waals surface area contributed by atoms with Gasteiger partial charge in [-0.3, -0.25) is 14.4 Å². The maximum Gasteiger partial charge on any atom is 0.305 e. The number of carbonyl (C=O) groups excluding carboxylic acids is 2. The molecule has 6 nitrogen and oxygen atoms in total. The van der Waals surface area contributed by atoms with Crippen LogP contribution in [0.25, 0.3) is 0 Å². The van der Waals surface area contributed by atoms with Crippen molar-refractivity contribution >= 4 is 17.8 Å². The first kappa shape index (κ1) is 14.4. The zero-order valence-electron chi connectivity index (χ0n) is 9.32. The molecule has 0 bridgehead atoms. The maximum atomic E-state index is 11.1. The lowest BCUT2D eigenvalue weighted by molar-refractivity contribution is -0.141. The summed E-state index contributed by atoms with van der Waals surface area (Å²) < 4.78 is 4.43. The molecule has 0 unspecified atom stereocenters. The second-order valence-corrected chi connectivity index (χ2v) is 3.28. The van der Waals surface area contributed by atoms with Crippen LogP contribution >= 0.6 is 0 Å². The SMILES string of the molecule is COC(=O)CCCNC(=O)CCCC(=O)O. The highest BCUT2D eigenvalue weighted by Gasteiger charge is 2.04. The molecule has 6 heteroatoms. The Kier molecular flexibility index (Phi) is 7.83. The van der Waals surface area contributed by atoms with Crippen LogP contribution < -0.4 is 5.32 Å². The Hall–Kier alpha value is -1.59. The van der Waals surface area contributed by atoms with E-state index in [4.69, 9.17) is 5.11 Å². The quantitative estimate of drug-likeness (QED) is 0.463. The van der Waals surface area contributed by atoms with E-state index >= 15 is 0 Å². The number of aliphatic carboxylic acids is 1. The number of esters is 1. The van der Waals surface area contributed by atoms with E-state index < -0.39 is 5.97 Å². The Morgan fingerprint density at radius 2 is 1.81 bits per heavy atom. The van der Waals surface area contributed by atoms with Crippen molar-refractivity contribution in [2.75, 3.05) is 13.7 Å². The minimum Gasteiger partial charge on any atom is -0.481 e. The van der Waals surface area contributed by atoms with E-state index in [0.29, 0.717) is 19.4 Å². The molecule has 2 N–H and O–H groups in total. The highest BCUT2D eigenvalue weighted by molar-refractivity contribution is 5.76. The van der Waals surface area contributed by atoms with Gasteiger partial charge in [-0.1, -0.05) is 0 Å². The van der Waals surface area contributed by atoms with E-state index in [-0.39, 0.29) is 31.1 Å². The molecule has 0 aromatic heterocycles. The lowest BCUT2D eigenvalue weighted by atomic mass is 10.2. The fourth-order valence-corrected chi connectivity index (χ4v) is 1.05. The Morgan fingerprint density at radius 1 is 1.12 bits per heavy atom. The predicted octanol–water partition coefficient (Wildman–Crippen LogP) is 0.311. The molecule has 0 saturated heterocycles. The number of carbonyl (C=O) groups is 3. The van der Waals surface area contributed by atoms with E-state index in [1.54, 1.807) is 0 Å². The summed E-state index contributed by atoms with van der Waals surface area (Å²) in [6.45, 7) is 0.404. The summed E-state index contributed by atoms with van der Waals surface area (Å²) in [5, 5.41) is 10.9. The molecule has 92 valence electrons. The van der Waals surface area contributed by atoms with Crippen LogP contribution in [-0.4, -0.2) is 36.6 Å². The highest BCUT2D eigenvalue weighted by Crippen LogP contribution is 1.95. The molecule has 0 rings (SSSR count). The summed E-state index contributed by atoms with van der Waals surface area (Å²) in [7, 11) is 1.31. The second-order valence-electron chi connectivity index (χ2n) is 3.28. The number of nitrogens with one attached hydrogen (secondary N) is 1. The van der Waals surface area contributed by atoms with Crippen molar-refractivity contribution in [3.63, 3.8) is 0 Å². The largest absolute Gasteiger partial charge is 0.481 e. The molecule has 0 aliphatic rings. The predicted molar refractivity (Wildman–Crippen MR) is 55.7 cm³/mol. The minimum atomic E-state index is -0.904. The van der Waals surface area contributed by atoms with Crippen molar-refractivity contribution in [2.24, 2.45) is 0 Å². The fourth-order valence-electron chi connectivity index (χ4n) is 1.05. The van der Waals surface area contributed by atoms with Crippen LogP contribution in [0.5, 0.6) is 0 Å². The summed E-state index contributed by atoms with van der Waals surface area (Å²) in [5.41, 5.74) is 0. The number of carboxylic acid groups (broad SMARTS) is 1. The van der Waals surface area contributed by atoms with Crippen LogP contribution in [0, 0.1) is 0 Å². The topological polar surface area (TPSA) is 92.7 Å².